The van der Waals surface area contributed by atoms with Crippen LogP contribution < -0.4 is 0 Å². The van der Waals surface area contributed by atoms with Crippen molar-refractivity contribution in [3.63, 3.8) is 0 Å². The molecule has 1 fully saturated rings. The molecular weight excluding hydrogens is 318 g/mol. The fraction of sp³-hybridized carbons (Fsp3) is 0.533. The van der Waals surface area contributed by atoms with E-state index < -0.39 is 15.8 Å². The molecule has 2 aromatic rings. The molecule has 2 aromatic heterocycles. The van der Waals surface area contributed by atoms with Crippen LogP contribution in [0.1, 0.15) is 46.2 Å². The van der Waals surface area contributed by atoms with E-state index in [-0.39, 0.29) is 17.5 Å². The summed E-state index contributed by atoms with van der Waals surface area (Å²) in [6.45, 7) is 1.76. The maximum Gasteiger partial charge on any atom is 0.336 e. The Morgan fingerprint density at radius 2 is 2.13 bits per heavy atom. The van der Waals surface area contributed by atoms with Gasteiger partial charge in [-0.1, -0.05) is 0 Å². The minimum atomic E-state index is -3.05. The largest absolute Gasteiger partial charge is 0.478 e. The van der Waals surface area contributed by atoms with Gasteiger partial charge in [-0.15, -0.1) is 0 Å². The molecule has 122 valence electrons. The summed E-state index contributed by atoms with van der Waals surface area (Å²) in [7, 11) is -3.05. The summed E-state index contributed by atoms with van der Waals surface area (Å²) in [4.78, 5) is 16.5. The van der Waals surface area contributed by atoms with Crippen molar-refractivity contribution in [1.82, 2.24) is 14.8 Å². The van der Waals surface area contributed by atoms with E-state index in [1.807, 2.05) is 0 Å². The van der Waals surface area contributed by atoms with Gasteiger partial charge in [-0.25, -0.2) is 22.9 Å². The number of fused-ring (bicyclic) bond motifs is 2. The lowest BCUT2D eigenvalue weighted by Crippen LogP contribution is -2.14. The van der Waals surface area contributed by atoms with Gasteiger partial charge in [0, 0.05) is 5.69 Å². The van der Waals surface area contributed by atoms with Crippen molar-refractivity contribution >= 4 is 26.8 Å². The Kier molecular flexibility index (Phi) is 3.03. The lowest BCUT2D eigenvalue weighted by Gasteiger charge is -2.11. The van der Waals surface area contributed by atoms with E-state index >= 15 is 0 Å². The van der Waals surface area contributed by atoms with Crippen LogP contribution in [0.3, 0.4) is 0 Å². The molecule has 1 N–H and O–H groups in total. The molecule has 0 radical (unpaired) electrons. The van der Waals surface area contributed by atoms with E-state index in [1.165, 1.54) is 0 Å². The van der Waals surface area contributed by atoms with Crippen molar-refractivity contribution in [2.45, 2.75) is 38.6 Å². The molecule has 1 aliphatic heterocycles. The predicted octanol–water partition coefficient (Wildman–Crippen LogP) is 1.29. The van der Waals surface area contributed by atoms with E-state index in [0.29, 0.717) is 28.7 Å². The highest BCUT2D eigenvalue weighted by molar-refractivity contribution is 7.91. The number of hydrogen-bond donors (Lipinski definition) is 1. The molecule has 0 spiro atoms. The number of aryl methyl sites for hydroxylation is 2. The van der Waals surface area contributed by atoms with Gasteiger partial charge in [0.25, 0.3) is 0 Å². The first kappa shape index (κ1) is 14.6. The summed E-state index contributed by atoms with van der Waals surface area (Å²) in [5.74, 6) is -0.767. The van der Waals surface area contributed by atoms with Crippen LogP contribution in [0.2, 0.25) is 0 Å². The van der Waals surface area contributed by atoms with E-state index in [0.717, 1.165) is 30.5 Å². The monoisotopic (exact) mass is 335 g/mol. The molecule has 3 heterocycles. The van der Waals surface area contributed by atoms with Gasteiger partial charge in [0.15, 0.2) is 15.5 Å². The zero-order valence-corrected chi connectivity index (χ0v) is 13.6. The third-order valence-electron chi connectivity index (χ3n) is 4.81. The molecule has 0 bridgehead atoms. The van der Waals surface area contributed by atoms with Gasteiger partial charge >= 0.3 is 5.97 Å². The van der Waals surface area contributed by atoms with E-state index in [1.54, 1.807) is 11.6 Å². The van der Waals surface area contributed by atoms with E-state index in [9.17, 15) is 18.3 Å². The standard InChI is InChI=1S/C15H17N3O4S/c1-8-12-13(15(19)20)10-3-2-4-11(10)16-14(12)18(17-8)9-5-6-23(21,22)7-9/h9H,2-7H2,1H3,(H,19,20). The molecular formula is C15H17N3O4S. The molecule has 1 aliphatic carbocycles. The van der Waals surface area contributed by atoms with Gasteiger partial charge in [-0.3, -0.25) is 0 Å². The molecule has 4 rings (SSSR count). The molecule has 0 amide bonds. The Hall–Kier alpha value is -1.96. The SMILES string of the molecule is Cc1nn(C2CCS(=O)(=O)C2)c2nc3c(c(C(=O)O)c12)CCC3. The van der Waals surface area contributed by atoms with Crippen LogP contribution in [0, 0.1) is 6.92 Å². The van der Waals surface area contributed by atoms with Crippen molar-refractivity contribution in [2.24, 2.45) is 0 Å². The van der Waals surface area contributed by atoms with Gasteiger partial charge in [0.1, 0.15) is 0 Å². The number of carboxylic acids is 1. The molecule has 1 atom stereocenters. The zero-order chi connectivity index (χ0) is 16.4. The Morgan fingerprint density at radius 3 is 2.78 bits per heavy atom. The second-order valence-corrected chi connectivity index (χ2v) is 8.58. The summed E-state index contributed by atoms with van der Waals surface area (Å²) in [5.41, 5.74) is 3.04. The van der Waals surface area contributed by atoms with Crippen LogP contribution >= 0.6 is 0 Å². The van der Waals surface area contributed by atoms with Crippen LogP contribution in [-0.2, 0) is 22.7 Å². The summed E-state index contributed by atoms with van der Waals surface area (Å²) >= 11 is 0. The first-order valence-electron chi connectivity index (χ1n) is 7.71. The first-order valence-corrected chi connectivity index (χ1v) is 9.54. The summed E-state index contributed by atoms with van der Waals surface area (Å²) in [6.07, 6.45) is 2.89. The highest BCUT2D eigenvalue weighted by Gasteiger charge is 2.33. The number of rotatable bonds is 2. The number of carbonyl (C=O) groups is 1. The van der Waals surface area contributed by atoms with Gasteiger partial charge in [-0.2, -0.15) is 5.10 Å². The first-order chi connectivity index (χ1) is 10.9. The topological polar surface area (TPSA) is 102 Å². The molecule has 23 heavy (non-hydrogen) atoms. The molecule has 0 aromatic carbocycles. The van der Waals surface area contributed by atoms with Crippen molar-refractivity contribution in [3.8, 4) is 0 Å². The molecule has 1 unspecified atom stereocenters. The van der Waals surface area contributed by atoms with Crippen LogP contribution in [0.4, 0.5) is 0 Å². The van der Waals surface area contributed by atoms with Crippen molar-refractivity contribution in [2.75, 3.05) is 11.5 Å². The van der Waals surface area contributed by atoms with Crippen molar-refractivity contribution in [3.05, 3.63) is 22.5 Å². The zero-order valence-electron chi connectivity index (χ0n) is 12.7. The minimum absolute atomic E-state index is 0.0460. The maximum atomic E-state index is 11.8. The number of pyridine rings is 1. The predicted molar refractivity (Wildman–Crippen MR) is 83.6 cm³/mol. The maximum absolute atomic E-state index is 11.8. The minimum Gasteiger partial charge on any atom is -0.478 e. The summed E-state index contributed by atoms with van der Waals surface area (Å²) in [5, 5.41) is 14.7. The quantitative estimate of drug-likeness (QED) is 0.887. The second-order valence-electron chi connectivity index (χ2n) is 6.36. The third kappa shape index (κ3) is 2.15. The fourth-order valence-corrected chi connectivity index (χ4v) is 5.49. The second kappa shape index (κ2) is 4.77. The van der Waals surface area contributed by atoms with Crippen molar-refractivity contribution < 1.29 is 18.3 Å². The van der Waals surface area contributed by atoms with Gasteiger partial charge in [0.2, 0.25) is 0 Å². The highest BCUT2D eigenvalue weighted by Crippen LogP contribution is 2.34. The van der Waals surface area contributed by atoms with Gasteiger partial charge in [-0.05, 0) is 38.2 Å². The average Bonchev–Trinajstić information content (AvgIpc) is 3.14. The number of aromatic carboxylic acids is 1. The number of sulfone groups is 1. The Labute approximate surface area is 133 Å². The number of aromatic nitrogens is 3. The number of hydrogen-bond acceptors (Lipinski definition) is 5. The lowest BCUT2D eigenvalue weighted by atomic mass is 10.0. The molecule has 1 saturated heterocycles. The summed E-state index contributed by atoms with van der Waals surface area (Å²) < 4.78 is 25.2. The normalized spacial score (nSPS) is 22.6. The van der Waals surface area contributed by atoms with Gasteiger partial charge in [0.05, 0.1) is 34.2 Å². The van der Waals surface area contributed by atoms with Crippen LogP contribution in [0.25, 0.3) is 11.0 Å². The lowest BCUT2D eigenvalue weighted by molar-refractivity contribution is 0.0697. The average molecular weight is 335 g/mol. The van der Waals surface area contributed by atoms with Crippen LogP contribution in [0.5, 0.6) is 0 Å². The Bertz CT molecular complexity index is 946. The molecule has 7 nitrogen and oxygen atoms in total. The van der Waals surface area contributed by atoms with E-state index in [4.69, 9.17) is 0 Å². The molecule has 0 saturated carbocycles. The van der Waals surface area contributed by atoms with E-state index in [2.05, 4.69) is 10.1 Å². The number of carboxylic acid groups (broad SMARTS) is 1. The molecule has 8 heteroatoms. The van der Waals surface area contributed by atoms with Gasteiger partial charge < -0.3 is 5.11 Å². The third-order valence-corrected chi connectivity index (χ3v) is 6.56. The Morgan fingerprint density at radius 1 is 1.35 bits per heavy atom. The van der Waals surface area contributed by atoms with Crippen LogP contribution in [-0.4, -0.2) is 45.8 Å². The van der Waals surface area contributed by atoms with Crippen LogP contribution in [0.15, 0.2) is 0 Å². The Balaban J connectivity index is 1.99. The summed E-state index contributed by atoms with van der Waals surface area (Å²) in [6, 6.07) is -0.259. The highest BCUT2D eigenvalue weighted by atomic mass is 32.2. The smallest absolute Gasteiger partial charge is 0.336 e. The van der Waals surface area contributed by atoms with Crippen molar-refractivity contribution in [1.29, 1.82) is 0 Å². The molecule has 2 aliphatic rings. The number of nitrogens with zero attached hydrogens (tertiary/aromatic N) is 3. The fourth-order valence-electron chi connectivity index (χ4n) is 3.79.